The van der Waals surface area contributed by atoms with Crippen molar-refractivity contribution >= 4 is 34.2 Å². The van der Waals surface area contributed by atoms with Crippen LogP contribution < -0.4 is 9.47 Å². The average Bonchev–Trinajstić information content (AvgIpc) is 3.52. The minimum Gasteiger partial charge on any atom is -0.493 e. The van der Waals surface area contributed by atoms with Crippen LogP contribution in [0.5, 0.6) is 11.5 Å². The van der Waals surface area contributed by atoms with Crippen LogP contribution >= 0.6 is 11.8 Å². The average molecular weight is 1040 g/mol. The molecule has 0 unspecified atom stereocenters. The Morgan fingerprint density at radius 2 is 1.52 bits per heavy atom. The topological polar surface area (TPSA) is 110 Å². The first kappa shape index (κ1) is 55.8. The Balaban J connectivity index is 1.25. The van der Waals surface area contributed by atoms with E-state index in [2.05, 4.69) is 103 Å². The van der Waals surface area contributed by atoms with E-state index in [0.717, 1.165) is 101 Å². The number of hydrogen-bond acceptors (Lipinski definition) is 9. The fraction of sp³-hybridized carbons (Fsp3) is 0.477. The van der Waals surface area contributed by atoms with Crippen molar-refractivity contribution in [1.82, 2.24) is 4.90 Å². The highest BCUT2D eigenvalue weighted by atomic mass is 32.2. The Bertz CT molecular complexity index is 2600. The molecule has 0 aromatic heterocycles. The van der Waals surface area contributed by atoms with Crippen LogP contribution in [-0.4, -0.2) is 70.7 Å². The van der Waals surface area contributed by atoms with Gasteiger partial charge in [-0.25, -0.2) is 0 Å². The SMILES string of the molecule is C=CCO[C@@]12Oc3ccc(OCCSc4ccccc4)cc3[C@H]3[C@H](CCCCO)[C@@H](CCCCO)C=C(C(=NOCc4ccccc4)C[C@@H]1N(Cc1cccc4ccccc14)C(=O)CCCCCCCCCCC)[C@H]32. The molecule has 75 heavy (non-hydrogen) atoms. The molecule has 1 heterocycles. The van der Waals surface area contributed by atoms with E-state index in [9.17, 15) is 10.2 Å². The number of unbranched alkanes of at least 4 members (excludes halogenated alkanes) is 10. The standard InChI is InChI=1S/C65H82N2O7S/c1-3-5-6-7-8-9-10-11-18-36-62(70)67(47-52-31-25-30-50-28-19-20-34-55(50)52)61-46-59(66-73-48-49-26-14-12-15-27-49)57-44-51(29-21-23-39-68)56(35-22-24-40-69)63-58-45-53(71-42-43-75-54-32-16-13-17-33-54)37-38-60(58)74-65(61,64(57)63)72-41-4-2/h4,12-17,19-20,25-28,30-34,37-38,44-45,51,56,61,63-64,68-69H,2-3,5-11,18,21-24,29,35-36,39-43,46-48H2,1H3/t51-,56+,61-,63+,64+,65+/m0/s1. The number of hydrogen-bond donors (Lipinski definition) is 2. The lowest BCUT2D eigenvalue weighted by Gasteiger charge is -2.60. The van der Waals surface area contributed by atoms with Crippen LogP contribution in [0.4, 0.5) is 0 Å². The van der Waals surface area contributed by atoms with E-state index < -0.39 is 17.7 Å². The molecule has 1 saturated carbocycles. The van der Waals surface area contributed by atoms with Gasteiger partial charge < -0.3 is 34.2 Å². The molecule has 2 aliphatic carbocycles. The van der Waals surface area contributed by atoms with Crippen LogP contribution in [0.2, 0.25) is 0 Å². The summed E-state index contributed by atoms with van der Waals surface area (Å²) in [6.45, 7) is 8.04. The summed E-state index contributed by atoms with van der Waals surface area (Å²) in [4.78, 5) is 25.3. The van der Waals surface area contributed by atoms with Crippen molar-refractivity contribution in [1.29, 1.82) is 0 Å². The quantitative estimate of drug-likeness (QED) is 0.0190. The molecule has 5 aromatic rings. The van der Waals surface area contributed by atoms with Gasteiger partial charge in [-0.15, -0.1) is 18.3 Å². The van der Waals surface area contributed by atoms with Crippen molar-refractivity contribution in [2.24, 2.45) is 22.9 Å². The fourth-order valence-electron chi connectivity index (χ4n) is 12.0. The Kier molecular flexibility index (Phi) is 21.7. The predicted octanol–water partition coefficient (Wildman–Crippen LogP) is 14.8. The van der Waals surface area contributed by atoms with Gasteiger partial charge in [-0.3, -0.25) is 4.79 Å². The molecular formula is C65H82N2O7S. The molecular weight excluding hydrogens is 953 g/mol. The summed E-state index contributed by atoms with van der Waals surface area (Å²) >= 11 is 1.77. The molecule has 5 aromatic carbocycles. The number of thioether (sulfide) groups is 1. The zero-order valence-corrected chi connectivity index (χ0v) is 45.3. The van der Waals surface area contributed by atoms with Gasteiger partial charge in [0, 0.05) is 54.7 Å². The summed E-state index contributed by atoms with van der Waals surface area (Å²) < 4.78 is 21.6. The van der Waals surface area contributed by atoms with Crippen LogP contribution in [0, 0.1) is 17.8 Å². The summed E-state index contributed by atoms with van der Waals surface area (Å²) in [6.07, 6.45) is 20.2. The van der Waals surface area contributed by atoms with Gasteiger partial charge in [0.25, 0.3) is 0 Å². The normalized spacial score (nSPS) is 21.2. The number of benzene rings is 5. The number of allylic oxidation sites excluding steroid dienone is 1. The third-order valence-corrected chi connectivity index (χ3v) is 16.6. The van der Waals surface area contributed by atoms with E-state index >= 15 is 4.79 Å². The molecule has 1 amide bonds. The van der Waals surface area contributed by atoms with Crippen LogP contribution in [0.15, 0.2) is 156 Å². The summed E-state index contributed by atoms with van der Waals surface area (Å²) in [7, 11) is 0. The predicted molar refractivity (Wildman–Crippen MR) is 305 cm³/mol. The molecule has 1 aliphatic heterocycles. The molecule has 400 valence electrons. The lowest BCUT2D eigenvalue weighted by Crippen LogP contribution is -2.70. The maximum Gasteiger partial charge on any atom is 0.239 e. The van der Waals surface area contributed by atoms with Crippen LogP contribution in [0.25, 0.3) is 10.8 Å². The number of aliphatic hydroxyl groups excluding tert-OH is 2. The minimum absolute atomic E-state index is 0.0645. The number of nitrogens with zero attached hydrogens (tertiary/aromatic N) is 2. The first-order valence-electron chi connectivity index (χ1n) is 28.3. The third kappa shape index (κ3) is 14.6. The van der Waals surface area contributed by atoms with Gasteiger partial charge in [0.15, 0.2) is 0 Å². The highest BCUT2D eigenvalue weighted by molar-refractivity contribution is 7.99. The van der Waals surface area contributed by atoms with E-state index in [1.165, 1.54) is 43.4 Å². The van der Waals surface area contributed by atoms with Gasteiger partial charge in [-0.05, 0) is 102 Å². The number of aliphatic hydroxyl groups is 2. The van der Waals surface area contributed by atoms with Crippen LogP contribution in [0.1, 0.15) is 139 Å². The molecule has 8 rings (SSSR count). The Morgan fingerprint density at radius 3 is 2.28 bits per heavy atom. The van der Waals surface area contributed by atoms with Crippen LogP contribution in [0.3, 0.4) is 0 Å². The second kappa shape index (κ2) is 29.2. The number of amides is 1. The van der Waals surface area contributed by atoms with E-state index in [0.29, 0.717) is 38.8 Å². The number of carbonyl (C=O) groups is 1. The number of carbonyl (C=O) groups excluding carboxylic acids is 1. The van der Waals surface area contributed by atoms with E-state index in [1.54, 1.807) is 17.8 Å². The number of ether oxygens (including phenoxy) is 3. The van der Waals surface area contributed by atoms with Gasteiger partial charge in [-0.2, -0.15) is 0 Å². The van der Waals surface area contributed by atoms with E-state index in [1.807, 2.05) is 42.5 Å². The molecule has 0 saturated heterocycles. The largest absolute Gasteiger partial charge is 0.493 e. The second-order valence-electron chi connectivity index (χ2n) is 20.8. The molecule has 1 fully saturated rings. The first-order valence-corrected chi connectivity index (χ1v) is 29.3. The van der Waals surface area contributed by atoms with Crippen molar-refractivity contribution in [2.45, 2.75) is 152 Å². The maximum atomic E-state index is 15.6. The fourth-order valence-corrected chi connectivity index (χ4v) is 12.8. The summed E-state index contributed by atoms with van der Waals surface area (Å²) in [5, 5.41) is 27.6. The second-order valence-corrected chi connectivity index (χ2v) is 21.9. The van der Waals surface area contributed by atoms with Crippen molar-refractivity contribution in [3.8, 4) is 11.5 Å². The van der Waals surface area contributed by atoms with E-state index in [4.69, 9.17) is 24.2 Å². The van der Waals surface area contributed by atoms with E-state index in [-0.39, 0.29) is 50.1 Å². The number of oxime groups is 1. The van der Waals surface area contributed by atoms with Crippen molar-refractivity contribution in [3.63, 3.8) is 0 Å². The van der Waals surface area contributed by atoms with Crippen LogP contribution in [-0.2, 0) is 27.5 Å². The molecule has 6 atom stereocenters. The molecule has 0 radical (unpaired) electrons. The number of rotatable bonds is 32. The lowest BCUT2D eigenvalue weighted by atomic mass is 9.55. The monoisotopic (exact) mass is 1030 g/mol. The van der Waals surface area contributed by atoms with Gasteiger partial charge in [0.2, 0.25) is 11.7 Å². The number of fused-ring (bicyclic) bond motifs is 3. The highest BCUT2D eigenvalue weighted by Crippen LogP contribution is 2.62. The van der Waals surface area contributed by atoms with Crippen molar-refractivity contribution in [3.05, 3.63) is 162 Å². The van der Waals surface area contributed by atoms with Gasteiger partial charge in [0.05, 0.1) is 24.8 Å². The summed E-state index contributed by atoms with van der Waals surface area (Å²) in [6, 6.07) is 40.9. The molecule has 9 nitrogen and oxygen atoms in total. The Morgan fingerprint density at radius 1 is 0.813 bits per heavy atom. The first-order chi connectivity index (χ1) is 37.0. The maximum absolute atomic E-state index is 15.6. The summed E-state index contributed by atoms with van der Waals surface area (Å²) in [5.74, 6) is 0.599. The van der Waals surface area contributed by atoms with Gasteiger partial charge >= 0.3 is 0 Å². The molecule has 10 heteroatoms. The molecule has 0 spiro atoms. The smallest absolute Gasteiger partial charge is 0.239 e. The minimum atomic E-state index is -1.37. The van der Waals surface area contributed by atoms with Crippen molar-refractivity contribution < 1.29 is 34.1 Å². The zero-order valence-electron chi connectivity index (χ0n) is 44.5. The zero-order chi connectivity index (χ0) is 52.1. The highest BCUT2D eigenvalue weighted by Gasteiger charge is 2.65. The molecule has 2 N–H and O–H groups in total. The molecule has 0 bridgehead atoms. The third-order valence-electron chi connectivity index (χ3n) is 15.7. The van der Waals surface area contributed by atoms with Gasteiger partial charge in [0.1, 0.15) is 24.1 Å². The van der Waals surface area contributed by atoms with Gasteiger partial charge in [-0.1, -0.05) is 179 Å². The van der Waals surface area contributed by atoms with Crippen molar-refractivity contribution in [2.75, 3.05) is 32.2 Å². The molecule has 3 aliphatic rings. The lowest BCUT2D eigenvalue weighted by molar-refractivity contribution is -0.258. The summed E-state index contributed by atoms with van der Waals surface area (Å²) in [5.41, 5.74) is 4.93. The Hall–Kier alpha value is -5.39. The Labute approximate surface area is 451 Å².